The Kier molecular flexibility index (Phi) is 7.87. The molecule has 0 saturated carbocycles. The van der Waals surface area contributed by atoms with E-state index in [1.165, 1.54) is 19.4 Å². The van der Waals surface area contributed by atoms with Crippen LogP contribution in [-0.2, 0) is 27.2 Å². The zero-order chi connectivity index (χ0) is 21.4. The molecule has 1 aromatic heterocycles. The van der Waals surface area contributed by atoms with Gasteiger partial charge in [-0.1, -0.05) is 30.3 Å². The lowest BCUT2D eigenvalue weighted by atomic mass is 10.0. The fourth-order valence-corrected chi connectivity index (χ4v) is 2.70. The van der Waals surface area contributed by atoms with Crippen molar-refractivity contribution < 1.29 is 24.6 Å². The maximum atomic E-state index is 12.6. The van der Waals surface area contributed by atoms with Gasteiger partial charge in [0.25, 0.3) is 0 Å². The molecule has 0 radical (unpaired) electrons. The van der Waals surface area contributed by atoms with E-state index in [9.17, 15) is 24.6 Å². The molecule has 0 aliphatic rings. The summed E-state index contributed by atoms with van der Waals surface area (Å²) in [7, 11) is 0. The average molecular weight is 403 g/mol. The van der Waals surface area contributed by atoms with Crippen LogP contribution in [0, 0.1) is 0 Å². The number of hydrogen-bond acceptors (Lipinski definition) is 6. The highest BCUT2D eigenvalue weighted by Gasteiger charge is 2.31. The molecular formula is C19H25N5O5. The molecule has 2 amide bonds. The Hall–Kier alpha value is -3.24. The molecule has 10 nitrogen and oxygen atoms in total. The van der Waals surface area contributed by atoms with Gasteiger partial charge in [0, 0.05) is 24.7 Å². The number of benzene rings is 1. The number of nitrogens with one attached hydrogen (secondary N) is 3. The summed E-state index contributed by atoms with van der Waals surface area (Å²) >= 11 is 0. The van der Waals surface area contributed by atoms with Gasteiger partial charge in [0.15, 0.2) is 0 Å². The van der Waals surface area contributed by atoms with Crippen molar-refractivity contribution in [2.24, 2.45) is 5.73 Å². The molecule has 0 aliphatic heterocycles. The molecular weight excluding hydrogens is 378 g/mol. The maximum absolute atomic E-state index is 12.6. The molecule has 156 valence electrons. The second-order valence-corrected chi connectivity index (χ2v) is 6.70. The third-order valence-corrected chi connectivity index (χ3v) is 4.29. The Labute approximate surface area is 167 Å². The minimum Gasteiger partial charge on any atom is -0.480 e. The largest absolute Gasteiger partial charge is 0.480 e. The van der Waals surface area contributed by atoms with Gasteiger partial charge < -0.3 is 31.6 Å². The van der Waals surface area contributed by atoms with Gasteiger partial charge in [0.2, 0.25) is 11.8 Å². The van der Waals surface area contributed by atoms with Crippen molar-refractivity contribution in [1.82, 2.24) is 20.6 Å². The number of aliphatic carboxylic acids is 1. The van der Waals surface area contributed by atoms with Gasteiger partial charge in [-0.15, -0.1) is 0 Å². The highest BCUT2D eigenvalue weighted by atomic mass is 16.4. The summed E-state index contributed by atoms with van der Waals surface area (Å²) in [5.41, 5.74) is 7.20. The number of nitrogens with zero attached hydrogens (tertiary/aromatic N) is 1. The fraction of sp³-hybridized carbons (Fsp3) is 0.368. The third kappa shape index (κ3) is 6.70. The van der Waals surface area contributed by atoms with Crippen molar-refractivity contribution in [3.05, 3.63) is 54.1 Å². The van der Waals surface area contributed by atoms with Gasteiger partial charge in [-0.2, -0.15) is 0 Å². The quantitative estimate of drug-likeness (QED) is 0.294. The highest BCUT2D eigenvalue weighted by Crippen LogP contribution is 2.05. The van der Waals surface area contributed by atoms with Gasteiger partial charge in [-0.05, 0) is 12.5 Å². The SMILES string of the molecule is C[C@@H](O)[C@H](NC(=O)[C@@H](N)Cc1cnc[nH]1)C(=O)N[C@@H](Cc1ccccc1)C(=O)O. The summed E-state index contributed by atoms with van der Waals surface area (Å²) < 4.78 is 0. The number of H-pyrrole nitrogens is 1. The van der Waals surface area contributed by atoms with Gasteiger partial charge in [0.05, 0.1) is 18.5 Å². The summed E-state index contributed by atoms with van der Waals surface area (Å²) in [5, 5.41) is 24.1. The van der Waals surface area contributed by atoms with E-state index < -0.39 is 42.0 Å². The first kappa shape index (κ1) is 22.1. The molecule has 0 aliphatic carbocycles. The minimum absolute atomic E-state index is 0.0573. The molecule has 29 heavy (non-hydrogen) atoms. The van der Waals surface area contributed by atoms with Crippen molar-refractivity contribution in [1.29, 1.82) is 0 Å². The van der Waals surface area contributed by atoms with Crippen LogP contribution < -0.4 is 16.4 Å². The van der Waals surface area contributed by atoms with Crippen molar-refractivity contribution in [3.8, 4) is 0 Å². The molecule has 4 atom stereocenters. The third-order valence-electron chi connectivity index (χ3n) is 4.29. The smallest absolute Gasteiger partial charge is 0.326 e. The predicted molar refractivity (Wildman–Crippen MR) is 104 cm³/mol. The number of aliphatic hydroxyl groups excluding tert-OH is 1. The molecule has 0 bridgehead atoms. The van der Waals surface area contributed by atoms with Gasteiger partial charge in [0.1, 0.15) is 12.1 Å². The Morgan fingerprint density at radius 2 is 1.83 bits per heavy atom. The van der Waals surface area contributed by atoms with Crippen molar-refractivity contribution in [2.75, 3.05) is 0 Å². The van der Waals surface area contributed by atoms with Crippen molar-refractivity contribution in [2.45, 2.75) is 44.0 Å². The first-order valence-electron chi connectivity index (χ1n) is 9.06. The van der Waals surface area contributed by atoms with E-state index >= 15 is 0 Å². The number of amides is 2. The fourth-order valence-electron chi connectivity index (χ4n) is 2.70. The Morgan fingerprint density at radius 3 is 2.38 bits per heavy atom. The Morgan fingerprint density at radius 1 is 1.14 bits per heavy atom. The normalized spacial score (nSPS) is 15.0. The molecule has 0 saturated heterocycles. The summed E-state index contributed by atoms with van der Waals surface area (Å²) in [6.45, 7) is 1.32. The molecule has 10 heteroatoms. The molecule has 0 fully saturated rings. The van der Waals surface area contributed by atoms with Crippen LogP contribution in [0.25, 0.3) is 0 Å². The molecule has 0 spiro atoms. The Balaban J connectivity index is 2.01. The first-order chi connectivity index (χ1) is 13.8. The predicted octanol–water partition coefficient (Wildman–Crippen LogP) is -1.04. The van der Waals surface area contributed by atoms with Crippen molar-refractivity contribution in [3.63, 3.8) is 0 Å². The van der Waals surface area contributed by atoms with Crippen LogP contribution in [0.5, 0.6) is 0 Å². The van der Waals surface area contributed by atoms with E-state index in [0.29, 0.717) is 5.69 Å². The van der Waals surface area contributed by atoms with Crippen LogP contribution in [0.2, 0.25) is 0 Å². The minimum atomic E-state index is -1.35. The Bertz CT molecular complexity index is 810. The molecule has 1 heterocycles. The lowest BCUT2D eigenvalue weighted by Crippen LogP contribution is -2.58. The van der Waals surface area contributed by atoms with Crippen LogP contribution >= 0.6 is 0 Å². The van der Waals surface area contributed by atoms with Crippen molar-refractivity contribution >= 4 is 17.8 Å². The lowest BCUT2D eigenvalue weighted by Gasteiger charge is -2.24. The van der Waals surface area contributed by atoms with Crippen LogP contribution in [0.1, 0.15) is 18.2 Å². The summed E-state index contributed by atoms with van der Waals surface area (Å²) in [6, 6.07) is 5.24. The molecule has 7 N–H and O–H groups in total. The number of hydrogen-bond donors (Lipinski definition) is 6. The summed E-state index contributed by atoms with van der Waals surface area (Å²) in [6.07, 6.45) is 1.93. The lowest BCUT2D eigenvalue weighted by molar-refractivity contribution is -0.142. The number of rotatable bonds is 10. The second-order valence-electron chi connectivity index (χ2n) is 6.70. The van der Waals surface area contributed by atoms with E-state index in [0.717, 1.165) is 5.56 Å². The van der Waals surface area contributed by atoms with Crippen LogP contribution in [-0.4, -0.2) is 62.2 Å². The highest BCUT2D eigenvalue weighted by molar-refractivity contribution is 5.92. The van der Waals surface area contributed by atoms with Crippen LogP contribution in [0.4, 0.5) is 0 Å². The molecule has 2 rings (SSSR count). The van der Waals surface area contributed by atoms with Crippen LogP contribution in [0.15, 0.2) is 42.9 Å². The topological polar surface area (TPSA) is 170 Å². The van der Waals surface area contributed by atoms with E-state index in [4.69, 9.17) is 5.73 Å². The molecule has 2 aromatic rings. The monoisotopic (exact) mass is 403 g/mol. The number of imidazole rings is 1. The van der Waals surface area contributed by atoms with E-state index in [-0.39, 0.29) is 12.8 Å². The number of aromatic nitrogens is 2. The van der Waals surface area contributed by atoms with E-state index in [1.54, 1.807) is 30.3 Å². The number of carbonyl (C=O) groups is 3. The molecule has 0 unspecified atom stereocenters. The second kappa shape index (κ2) is 10.3. The summed E-state index contributed by atoms with van der Waals surface area (Å²) in [4.78, 5) is 43.1. The number of aromatic amines is 1. The van der Waals surface area contributed by atoms with Gasteiger partial charge in [-0.3, -0.25) is 9.59 Å². The number of carboxylic acids is 1. The van der Waals surface area contributed by atoms with E-state index in [1.807, 2.05) is 0 Å². The zero-order valence-corrected chi connectivity index (χ0v) is 15.9. The average Bonchev–Trinajstić information content (AvgIpc) is 3.18. The van der Waals surface area contributed by atoms with Gasteiger partial charge >= 0.3 is 5.97 Å². The standard InChI is InChI=1S/C19H25N5O5/c1-11(25)16(24-17(26)14(20)8-13-9-21-10-22-13)18(27)23-15(19(28)29)7-12-5-3-2-4-6-12/h2-6,9-11,14-16,25H,7-8,20H2,1H3,(H,21,22)(H,23,27)(H,24,26)(H,28,29)/t11-,14+,15+,16+/m1/s1. The first-order valence-corrected chi connectivity index (χ1v) is 9.06. The van der Waals surface area contributed by atoms with Crippen LogP contribution in [0.3, 0.4) is 0 Å². The maximum Gasteiger partial charge on any atom is 0.326 e. The number of carbonyl (C=O) groups excluding carboxylic acids is 2. The molecule has 1 aromatic carbocycles. The summed E-state index contributed by atoms with van der Waals surface area (Å²) in [5.74, 6) is -2.70. The van der Waals surface area contributed by atoms with Gasteiger partial charge in [-0.25, -0.2) is 9.78 Å². The number of aliphatic hydroxyl groups is 1. The van der Waals surface area contributed by atoms with E-state index in [2.05, 4.69) is 20.6 Å². The number of carboxylic acid groups (broad SMARTS) is 1. The zero-order valence-electron chi connectivity index (χ0n) is 15.9. The number of nitrogens with two attached hydrogens (primary N) is 1.